The molecule has 0 saturated carbocycles. The van der Waals surface area contributed by atoms with E-state index in [1.807, 2.05) is 24.1 Å². The number of carbonyl (C=O) groups is 1. The highest BCUT2D eigenvalue weighted by molar-refractivity contribution is 7.99. The van der Waals surface area contributed by atoms with Crippen molar-refractivity contribution < 1.29 is 14.3 Å². The van der Waals surface area contributed by atoms with Gasteiger partial charge in [0.25, 0.3) is 0 Å². The fraction of sp³-hybridized carbons (Fsp3) is 0.480. The van der Waals surface area contributed by atoms with Gasteiger partial charge in [-0.1, -0.05) is 23.9 Å². The van der Waals surface area contributed by atoms with Crippen molar-refractivity contribution in [3.63, 3.8) is 0 Å². The van der Waals surface area contributed by atoms with Crippen LogP contribution in [-0.2, 0) is 15.1 Å². The van der Waals surface area contributed by atoms with Gasteiger partial charge in [-0.25, -0.2) is 4.79 Å². The predicted molar refractivity (Wildman–Crippen MR) is 136 cm³/mol. The summed E-state index contributed by atoms with van der Waals surface area (Å²) in [5, 5.41) is 0. The van der Waals surface area contributed by atoms with Crippen LogP contribution in [0.25, 0.3) is 0 Å². The van der Waals surface area contributed by atoms with Crippen LogP contribution in [0.2, 0.25) is 0 Å². The number of urea groups is 1. The maximum absolute atomic E-state index is 12.8. The second kappa shape index (κ2) is 11.6. The number of nitrogens with zero attached hydrogens (tertiary/aromatic N) is 3. The lowest BCUT2D eigenvalue weighted by atomic mass is 9.86. The highest BCUT2D eigenvalue weighted by Gasteiger charge is 2.34. The third-order valence-corrected chi connectivity index (χ3v) is 7.57. The molecule has 0 radical (unpaired) electrons. The van der Waals surface area contributed by atoms with Gasteiger partial charge in [0.15, 0.2) is 0 Å². The maximum atomic E-state index is 12.8. The lowest BCUT2D eigenvalue weighted by Gasteiger charge is -2.36. The molecule has 0 N–H and O–H groups in total. The number of rotatable bonds is 5. The summed E-state index contributed by atoms with van der Waals surface area (Å²) in [6.07, 6.45) is 1.75. The second-order valence-electron chi connectivity index (χ2n) is 8.57. The highest BCUT2D eigenvalue weighted by Crippen LogP contribution is 2.38. The molecule has 4 rings (SSSR count). The molecule has 0 unspecified atom stereocenters. The Morgan fingerprint density at radius 2 is 1.70 bits per heavy atom. The Bertz CT molecular complexity index is 913. The molecule has 0 aliphatic carbocycles. The van der Waals surface area contributed by atoms with Gasteiger partial charge in [-0.3, -0.25) is 4.90 Å². The monoisotopic (exact) mass is 491 g/mol. The Morgan fingerprint density at radius 1 is 1.03 bits per heavy atom. The third-order valence-electron chi connectivity index (χ3n) is 6.57. The Hall–Kier alpha value is -1.77. The molecular formula is C25H34ClN3O3S. The summed E-state index contributed by atoms with van der Waals surface area (Å²) in [7, 11) is 5.74. The standard InChI is InChI=1S/C25H33N3O3S.ClH/c1-26-13-15-28(16-14-26)24(29)27(2)21-7-9-22(10-8-21)32-23-6-4-5-20(19-23)25(30-3)11-17-31-18-12-25;/h4-10,19H,11-18H2,1-3H3;1H. The molecule has 8 heteroatoms. The quantitative estimate of drug-likeness (QED) is 0.605. The number of hydrogen-bond donors (Lipinski definition) is 0. The molecule has 0 bridgehead atoms. The van der Waals surface area contributed by atoms with Crippen LogP contribution in [0.3, 0.4) is 0 Å². The summed E-state index contributed by atoms with van der Waals surface area (Å²) in [6.45, 7) is 4.86. The van der Waals surface area contributed by atoms with Crippen molar-refractivity contribution >= 4 is 35.9 Å². The summed E-state index contributed by atoms with van der Waals surface area (Å²) < 4.78 is 11.5. The van der Waals surface area contributed by atoms with Crippen LogP contribution in [0.4, 0.5) is 10.5 Å². The Morgan fingerprint density at radius 3 is 2.33 bits per heavy atom. The number of ether oxygens (including phenoxy) is 2. The van der Waals surface area contributed by atoms with E-state index >= 15 is 0 Å². The van der Waals surface area contributed by atoms with E-state index in [4.69, 9.17) is 9.47 Å². The van der Waals surface area contributed by atoms with Gasteiger partial charge in [-0.05, 0) is 49.0 Å². The van der Waals surface area contributed by atoms with Crippen molar-refractivity contribution in [3.05, 3.63) is 54.1 Å². The SMILES string of the molecule is COC1(c2cccc(Sc3ccc(N(C)C(=O)N4CCN(C)CC4)cc3)c2)CCOCC1.Cl. The number of anilines is 1. The Balaban J connectivity index is 0.00000306. The molecule has 2 aliphatic rings. The smallest absolute Gasteiger partial charge is 0.324 e. The molecule has 2 heterocycles. The number of halogens is 1. The van der Waals surface area contributed by atoms with Crippen LogP contribution in [0, 0.1) is 0 Å². The van der Waals surface area contributed by atoms with E-state index < -0.39 is 0 Å². The first kappa shape index (κ1) is 25.8. The summed E-state index contributed by atoms with van der Waals surface area (Å²) in [5.41, 5.74) is 1.86. The van der Waals surface area contributed by atoms with Crippen molar-refractivity contribution in [2.24, 2.45) is 0 Å². The van der Waals surface area contributed by atoms with Crippen LogP contribution in [0.1, 0.15) is 18.4 Å². The minimum atomic E-state index is -0.259. The summed E-state index contributed by atoms with van der Waals surface area (Å²) in [4.78, 5) is 21.1. The van der Waals surface area contributed by atoms with E-state index in [-0.39, 0.29) is 24.0 Å². The fourth-order valence-electron chi connectivity index (χ4n) is 4.35. The van der Waals surface area contributed by atoms with Crippen LogP contribution in [0.5, 0.6) is 0 Å². The lowest BCUT2D eigenvalue weighted by Crippen LogP contribution is -2.51. The summed E-state index contributed by atoms with van der Waals surface area (Å²) >= 11 is 1.73. The normalized spacial score (nSPS) is 18.5. The van der Waals surface area contributed by atoms with Crippen LogP contribution < -0.4 is 4.90 Å². The number of carbonyl (C=O) groups excluding carboxylic acids is 1. The highest BCUT2D eigenvalue weighted by atomic mass is 35.5. The molecule has 2 amide bonds. The van der Waals surface area contributed by atoms with E-state index in [1.165, 1.54) is 10.5 Å². The zero-order valence-electron chi connectivity index (χ0n) is 19.7. The Labute approximate surface area is 207 Å². The average Bonchev–Trinajstić information content (AvgIpc) is 2.85. The molecule has 6 nitrogen and oxygen atoms in total. The van der Waals surface area contributed by atoms with Gasteiger partial charge in [0.05, 0.1) is 5.60 Å². The molecule has 180 valence electrons. The number of hydrogen-bond acceptors (Lipinski definition) is 5. The summed E-state index contributed by atoms with van der Waals surface area (Å²) in [6, 6.07) is 16.9. The topological polar surface area (TPSA) is 45.2 Å². The Kier molecular flexibility index (Phi) is 9.07. The lowest BCUT2D eigenvalue weighted by molar-refractivity contribution is -0.0948. The van der Waals surface area contributed by atoms with Gasteiger partial charge in [-0.2, -0.15) is 0 Å². The predicted octanol–water partition coefficient (Wildman–Crippen LogP) is 4.72. The molecule has 2 saturated heterocycles. The molecular weight excluding hydrogens is 458 g/mol. The van der Waals surface area contributed by atoms with Crippen molar-refractivity contribution in [1.82, 2.24) is 9.80 Å². The van der Waals surface area contributed by atoms with Gasteiger partial charge >= 0.3 is 6.03 Å². The molecule has 0 aromatic heterocycles. The molecule has 2 aromatic carbocycles. The number of methoxy groups -OCH3 is 1. The zero-order valence-corrected chi connectivity index (χ0v) is 21.3. The minimum Gasteiger partial charge on any atom is -0.381 e. The van der Waals surface area contributed by atoms with Crippen molar-refractivity contribution in [2.75, 3.05) is 65.5 Å². The first-order valence-corrected chi connectivity index (χ1v) is 12.0. The second-order valence-corrected chi connectivity index (χ2v) is 9.71. The average molecular weight is 492 g/mol. The van der Waals surface area contributed by atoms with E-state index in [0.717, 1.165) is 62.8 Å². The van der Waals surface area contributed by atoms with E-state index in [2.05, 4.69) is 48.3 Å². The fourth-order valence-corrected chi connectivity index (χ4v) is 5.23. The third kappa shape index (κ3) is 6.03. The van der Waals surface area contributed by atoms with E-state index in [9.17, 15) is 4.79 Å². The van der Waals surface area contributed by atoms with Crippen LogP contribution in [-0.4, -0.2) is 76.4 Å². The van der Waals surface area contributed by atoms with Gasteiger partial charge in [0.1, 0.15) is 0 Å². The van der Waals surface area contributed by atoms with Gasteiger partial charge in [0.2, 0.25) is 0 Å². The number of piperazine rings is 1. The first-order chi connectivity index (χ1) is 15.5. The number of benzene rings is 2. The minimum absolute atomic E-state index is 0. The van der Waals surface area contributed by atoms with Gasteiger partial charge in [-0.15, -0.1) is 12.4 Å². The first-order valence-electron chi connectivity index (χ1n) is 11.2. The van der Waals surface area contributed by atoms with Gasteiger partial charge < -0.3 is 19.3 Å². The molecule has 33 heavy (non-hydrogen) atoms. The number of likely N-dealkylation sites (N-methyl/N-ethyl adjacent to an activating group) is 1. The van der Waals surface area contributed by atoms with Crippen LogP contribution in [0.15, 0.2) is 58.3 Å². The van der Waals surface area contributed by atoms with Crippen molar-refractivity contribution in [2.45, 2.75) is 28.2 Å². The molecule has 0 spiro atoms. The molecule has 2 fully saturated rings. The van der Waals surface area contributed by atoms with Crippen molar-refractivity contribution in [3.8, 4) is 0 Å². The number of amides is 2. The molecule has 0 atom stereocenters. The maximum Gasteiger partial charge on any atom is 0.324 e. The van der Waals surface area contributed by atoms with Crippen LogP contribution >= 0.6 is 24.2 Å². The molecule has 2 aliphatic heterocycles. The zero-order chi connectivity index (χ0) is 22.6. The molecule has 2 aromatic rings. The van der Waals surface area contributed by atoms with E-state index in [0.29, 0.717) is 0 Å². The van der Waals surface area contributed by atoms with Gasteiger partial charge in [0, 0.05) is 81.9 Å². The largest absolute Gasteiger partial charge is 0.381 e. The summed E-state index contributed by atoms with van der Waals surface area (Å²) in [5.74, 6) is 0. The van der Waals surface area contributed by atoms with E-state index in [1.54, 1.807) is 23.8 Å². The van der Waals surface area contributed by atoms with Crippen molar-refractivity contribution in [1.29, 1.82) is 0 Å².